The van der Waals surface area contributed by atoms with Crippen LogP contribution in [0, 0.1) is 0 Å². The van der Waals surface area contributed by atoms with Gasteiger partial charge < -0.3 is 19.3 Å². The molecule has 1 heterocycles. The van der Waals surface area contributed by atoms with Crippen molar-refractivity contribution in [2.45, 2.75) is 6.42 Å². The van der Waals surface area contributed by atoms with Gasteiger partial charge in [-0.3, -0.25) is 0 Å². The van der Waals surface area contributed by atoms with Crippen LogP contribution in [0.15, 0.2) is 54.7 Å². The monoisotopic (exact) mass is 380 g/mol. The summed E-state index contributed by atoms with van der Waals surface area (Å²) in [5.41, 5.74) is 2.52. The van der Waals surface area contributed by atoms with Crippen LogP contribution in [-0.2, 0) is 6.42 Å². The van der Waals surface area contributed by atoms with E-state index in [0.717, 1.165) is 5.56 Å². The fraction of sp³-hybridized carbons (Fsp3) is 0.190. The van der Waals surface area contributed by atoms with Gasteiger partial charge in [-0.2, -0.15) is 4.98 Å². The number of ether oxygens (including phenoxy) is 3. The third kappa shape index (κ3) is 4.56. The summed E-state index contributed by atoms with van der Waals surface area (Å²) in [7, 11) is 3.19. The highest BCUT2D eigenvalue weighted by Crippen LogP contribution is 2.27. The maximum Gasteiger partial charge on any atom is 0.335 e. The number of methoxy groups -OCH3 is 2. The highest BCUT2D eigenvalue weighted by Gasteiger charge is 2.08. The molecule has 28 heavy (non-hydrogen) atoms. The van der Waals surface area contributed by atoms with Crippen molar-refractivity contribution in [2.24, 2.45) is 0 Å². The average Bonchev–Trinajstić information content (AvgIpc) is 2.74. The average molecular weight is 380 g/mol. The van der Waals surface area contributed by atoms with E-state index in [2.05, 4.69) is 9.97 Å². The van der Waals surface area contributed by atoms with Crippen molar-refractivity contribution in [1.29, 1.82) is 0 Å². The fourth-order valence-corrected chi connectivity index (χ4v) is 2.68. The molecule has 0 saturated heterocycles. The zero-order valence-corrected chi connectivity index (χ0v) is 15.6. The minimum absolute atomic E-state index is 0.201. The summed E-state index contributed by atoms with van der Waals surface area (Å²) in [4.78, 5) is 19.6. The Labute approximate surface area is 162 Å². The molecule has 0 radical (unpaired) electrons. The second-order valence-electron chi connectivity index (χ2n) is 5.90. The molecule has 2 aromatic carbocycles. The molecule has 3 aromatic rings. The molecular formula is C21H20N2O5. The Kier molecular flexibility index (Phi) is 6.06. The van der Waals surface area contributed by atoms with Crippen molar-refractivity contribution in [3.63, 3.8) is 0 Å². The molecule has 144 valence electrons. The minimum atomic E-state index is -0.984. The lowest BCUT2D eigenvalue weighted by atomic mass is 10.1. The van der Waals surface area contributed by atoms with Gasteiger partial charge in [-0.25, -0.2) is 9.78 Å². The van der Waals surface area contributed by atoms with E-state index in [-0.39, 0.29) is 11.6 Å². The van der Waals surface area contributed by atoms with Crippen LogP contribution >= 0.6 is 0 Å². The third-order valence-corrected chi connectivity index (χ3v) is 4.11. The van der Waals surface area contributed by atoms with Gasteiger partial charge in [-0.15, -0.1) is 0 Å². The number of nitrogens with zero attached hydrogens (tertiary/aromatic N) is 2. The van der Waals surface area contributed by atoms with Crippen molar-refractivity contribution < 1.29 is 24.1 Å². The van der Waals surface area contributed by atoms with Crippen LogP contribution in [0.4, 0.5) is 0 Å². The molecule has 1 aromatic heterocycles. The molecule has 0 amide bonds. The second kappa shape index (κ2) is 8.85. The smallest absolute Gasteiger partial charge is 0.335 e. The first-order valence-corrected chi connectivity index (χ1v) is 8.61. The van der Waals surface area contributed by atoms with E-state index in [1.165, 1.54) is 6.07 Å². The van der Waals surface area contributed by atoms with Crippen molar-refractivity contribution in [3.8, 4) is 28.8 Å². The number of carbonyl (C=O) groups is 1. The van der Waals surface area contributed by atoms with Crippen LogP contribution in [0.3, 0.4) is 0 Å². The Morgan fingerprint density at radius 3 is 2.61 bits per heavy atom. The molecule has 7 nitrogen and oxygen atoms in total. The summed E-state index contributed by atoms with van der Waals surface area (Å²) >= 11 is 0. The molecule has 0 aliphatic heterocycles. The van der Waals surface area contributed by atoms with Gasteiger partial charge in [0, 0.05) is 18.2 Å². The van der Waals surface area contributed by atoms with Crippen LogP contribution in [0.2, 0.25) is 0 Å². The van der Waals surface area contributed by atoms with Crippen LogP contribution in [-0.4, -0.2) is 41.9 Å². The van der Waals surface area contributed by atoms with Crippen LogP contribution in [0.25, 0.3) is 11.3 Å². The Balaban J connectivity index is 1.67. The molecular weight excluding hydrogens is 360 g/mol. The molecule has 0 atom stereocenters. The Hall–Kier alpha value is -3.61. The molecule has 1 N–H and O–H groups in total. The summed E-state index contributed by atoms with van der Waals surface area (Å²) in [5.74, 6) is 0.352. The highest BCUT2D eigenvalue weighted by molar-refractivity contribution is 5.89. The van der Waals surface area contributed by atoms with Crippen LogP contribution in [0.5, 0.6) is 17.5 Å². The van der Waals surface area contributed by atoms with E-state index in [0.29, 0.717) is 35.8 Å². The van der Waals surface area contributed by atoms with Gasteiger partial charge in [-0.1, -0.05) is 18.2 Å². The molecule has 0 saturated carbocycles. The first kappa shape index (κ1) is 19.2. The minimum Gasteiger partial charge on any atom is -0.493 e. The number of aromatic nitrogens is 2. The zero-order valence-electron chi connectivity index (χ0n) is 15.6. The fourth-order valence-electron chi connectivity index (χ4n) is 2.68. The molecule has 0 aliphatic carbocycles. The van der Waals surface area contributed by atoms with Gasteiger partial charge in [0.25, 0.3) is 0 Å². The lowest BCUT2D eigenvalue weighted by molar-refractivity contribution is 0.0697. The van der Waals surface area contributed by atoms with Gasteiger partial charge in [-0.05, 0) is 35.9 Å². The lowest BCUT2D eigenvalue weighted by Crippen LogP contribution is -2.05. The lowest BCUT2D eigenvalue weighted by Gasteiger charge is -2.10. The Bertz CT molecular complexity index is 975. The molecule has 7 heteroatoms. The SMILES string of the molecule is COc1ccc(CCOc2nccc(-c3cccc(C(=O)O)c3)n2)cc1OC. The third-order valence-electron chi connectivity index (χ3n) is 4.11. The predicted octanol–water partition coefficient (Wildman–Crippen LogP) is 3.48. The van der Waals surface area contributed by atoms with Crippen molar-refractivity contribution in [2.75, 3.05) is 20.8 Å². The van der Waals surface area contributed by atoms with Crippen molar-refractivity contribution in [1.82, 2.24) is 9.97 Å². The number of benzene rings is 2. The number of carboxylic acid groups (broad SMARTS) is 1. The number of hydrogen-bond acceptors (Lipinski definition) is 6. The number of aromatic carboxylic acids is 1. The molecule has 0 unspecified atom stereocenters. The van der Waals surface area contributed by atoms with E-state index in [4.69, 9.17) is 19.3 Å². The summed E-state index contributed by atoms with van der Waals surface area (Å²) in [6.07, 6.45) is 2.23. The van der Waals surface area contributed by atoms with Crippen molar-refractivity contribution >= 4 is 5.97 Å². The number of hydrogen-bond donors (Lipinski definition) is 1. The Morgan fingerprint density at radius 2 is 1.86 bits per heavy atom. The predicted molar refractivity (Wildman–Crippen MR) is 103 cm³/mol. The molecule has 3 rings (SSSR count). The van der Waals surface area contributed by atoms with E-state index in [9.17, 15) is 4.79 Å². The van der Waals surface area contributed by atoms with Gasteiger partial charge >= 0.3 is 12.0 Å². The van der Waals surface area contributed by atoms with Gasteiger partial charge in [0.2, 0.25) is 0 Å². The number of carboxylic acids is 1. The quantitative estimate of drug-likeness (QED) is 0.640. The maximum absolute atomic E-state index is 11.1. The van der Waals surface area contributed by atoms with E-state index in [1.54, 1.807) is 44.7 Å². The van der Waals surface area contributed by atoms with E-state index < -0.39 is 5.97 Å². The van der Waals surface area contributed by atoms with E-state index in [1.807, 2.05) is 18.2 Å². The summed E-state index contributed by atoms with van der Waals surface area (Å²) in [6, 6.07) is 14.2. The standard InChI is InChI=1S/C21H20N2O5/c1-26-18-7-6-14(12-19(18)27-2)9-11-28-21-22-10-8-17(23-21)15-4-3-5-16(13-15)20(24)25/h3-8,10,12-13H,9,11H2,1-2H3,(H,24,25). The summed E-state index contributed by atoms with van der Waals surface area (Å²) in [5, 5.41) is 9.13. The van der Waals surface area contributed by atoms with Gasteiger partial charge in [0.1, 0.15) is 0 Å². The van der Waals surface area contributed by atoms with Gasteiger partial charge in [0.15, 0.2) is 11.5 Å². The first-order valence-electron chi connectivity index (χ1n) is 8.61. The summed E-state index contributed by atoms with van der Waals surface area (Å²) < 4.78 is 16.2. The molecule has 0 spiro atoms. The van der Waals surface area contributed by atoms with Crippen LogP contribution < -0.4 is 14.2 Å². The normalized spacial score (nSPS) is 10.4. The van der Waals surface area contributed by atoms with Gasteiger partial charge in [0.05, 0.1) is 32.1 Å². The topological polar surface area (TPSA) is 90.8 Å². The number of rotatable bonds is 8. The molecule has 0 fully saturated rings. The Morgan fingerprint density at radius 1 is 1.04 bits per heavy atom. The molecule has 0 bridgehead atoms. The molecule has 0 aliphatic rings. The first-order chi connectivity index (χ1) is 13.6. The zero-order chi connectivity index (χ0) is 19.9. The van der Waals surface area contributed by atoms with Crippen molar-refractivity contribution in [3.05, 3.63) is 65.9 Å². The van der Waals surface area contributed by atoms with E-state index >= 15 is 0 Å². The largest absolute Gasteiger partial charge is 0.493 e. The summed E-state index contributed by atoms with van der Waals surface area (Å²) in [6.45, 7) is 0.383. The highest BCUT2D eigenvalue weighted by atomic mass is 16.5. The maximum atomic E-state index is 11.1. The van der Waals surface area contributed by atoms with Crippen LogP contribution in [0.1, 0.15) is 15.9 Å². The second-order valence-corrected chi connectivity index (χ2v) is 5.90.